The molecule has 1 N–H and O–H groups in total. The summed E-state index contributed by atoms with van der Waals surface area (Å²) >= 11 is 0. The number of nitrogens with zero attached hydrogens (tertiary/aromatic N) is 1. The Hall–Kier alpha value is -1.45. The van der Waals surface area contributed by atoms with E-state index < -0.39 is 0 Å². The standard InChI is InChI=1S/C8H10N2O2/c1-5-3-7(9-6(2)11)10-8(12)4-5/h4H,3H2,1-2H3,(H,9,10,11,12). The second kappa shape index (κ2) is 3.30. The highest BCUT2D eigenvalue weighted by Gasteiger charge is 2.10. The molecule has 0 fully saturated rings. The third kappa shape index (κ3) is 2.30. The Morgan fingerprint density at radius 3 is 2.83 bits per heavy atom. The monoisotopic (exact) mass is 166 g/mol. The fourth-order valence-corrected chi connectivity index (χ4v) is 1.01. The Bertz CT molecular complexity index is 285. The lowest BCUT2D eigenvalue weighted by atomic mass is 10.1. The van der Waals surface area contributed by atoms with Gasteiger partial charge in [-0.15, -0.1) is 0 Å². The summed E-state index contributed by atoms with van der Waals surface area (Å²) in [6.45, 7) is 3.22. The van der Waals surface area contributed by atoms with Crippen LogP contribution < -0.4 is 5.32 Å². The molecule has 0 radical (unpaired) electrons. The van der Waals surface area contributed by atoms with E-state index in [9.17, 15) is 9.59 Å². The smallest absolute Gasteiger partial charge is 0.271 e. The zero-order valence-corrected chi connectivity index (χ0v) is 7.05. The van der Waals surface area contributed by atoms with Crippen LogP contribution in [0.4, 0.5) is 0 Å². The quantitative estimate of drug-likeness (QED) is 0.566. The number of carbonyl (C=O) groups is 2. The van der Waals surface area contributed by atoms with E-state index in [0.29, 0.717) is 12.3 Å². The molecular formula is C8H10N2O2. The minimum absolute atomic E-state index is 0.198. The van der Waals surface area contributed by atoms with Crippen molar-refractivity contribution >= 4 is 17.6 Å². The first-order chi connectivity index (χ1) is 5.58. The van der Waals surface area contributed by atoms with Gasteiger partial charge in [0.25, 0.3) is 5.91 Å². The number of aliphatic imine (C=N–C) groups is 1. The van der Waals surface area contributed by atoms with E-state index in [-0.39, 0.29) is 11.8 Å². The molecule has 0 unspecified atom stereocenters. The van der Waals surface area contributed by atoms with Gasteiger partial charge in [0.2, 0.25) is 5.91 Å². The van der Waals surface area contributed by atoms with Crippen molar-refractivity contribution in [1.29, 1.82) is 0 Å². The van der Waals surface area contributed by atoms with Crippen molar-refractivity contribution in [1.82, 2.24) is 5.32 Å². The highest BCUT2D eigenvalue weighted by atomic mass is 16.2. The lowest BCUT2D eigenvalue weighted by molar-refractivity contribution is -0.117. The van der Waals surface area contributed by atoms with Gasteiger partial charge in [0.15, 0.2) is 0 Å². The van der Waals surface area contributed by atoms with E-state index in [1.807, 2.05) is 6.92 Å². The van der Waals surface area contributed by atoms with Gasteiger partial charge in [-0.1, -0.05) is 5.57 Å². The van der Waals surface area contributed by atoms with Gasteiger partial charge in [0, 0.05) is 19.4 Å². The van der Waals surface area contributed by atoms with E-state index >= 15 is 0 Å². The van der Waals surface area contributed by atoms with Gasteiger partial charge < -0.3 is 5.32 Å². The Kier molecular flexibility index (Phi) is 2.38. The lowest BCUT2D eigenvalue weighted by Gasteiger charge is -2.09. The van der Waals surface area contributed by atoms with Gasteiger partial charge in [0.05, 0.1) is 0 Å². The van der Waals surface area contributed by atoms with Crippen molar-refractivity contribution < 1.29 is 9.59 Å². The summed E-state index contributed by atoms with van der Waals surface area (Å²) in [5.41, 5.74) is 0.916. The van der Waals surface area contributed by atoms with Crippen LogP contribution in [-0.4, -0.2) is 17.6 Å². The van der Waals surface area contributed by atoms with Gasteiger partial charge in [0.1, 0.15) is 5.84 Å². The molecule has 0 saturated heterocycles. The van der Waals surface area contributed by atoms with Gasteiger partial charge in [-0.3, -0.25) is 9.59 Å². The topological polar surface area (TPSA) is 58.5 Å². The fourth-order valence-electron chi connectivity index (χ4n) is 1.01. The predicted octanol–water partition coefficient (Wildman–Crippen LogP) is 0.398. The molecule has 1 rings (SSSR count). The normalized spacial score (nSPS) is 16.7. The van der Waals surface area contributed by atoms with Crippen molar-refractivity contribution in [2.24, 2.45) is 4.99 Å². The molecule has 0 aromatic carbocycles. The van der Waals surface area contributed by atoms with Crippen LogP contribution in [0.15, 0.2) is 16.6 Å². The zero-order chi connectivity index (χ0) is 9.14. The summed E-state index contributed by atoms with van der Waals surface area (Å²) in [6.07, 6.45) is 2.01. The van der Waals surface area contributed by atoms with Crippen LogP contribution in [0.5, 0.6) is 0 Å². The fraction of sp³-hybridized carbons (Fsp3) is 0.375. The average molecular weight is 166 g/mol. The minimum Gasteiger partial charge on any atom is -0.314 e. The summed E-state index contributed by atoms with van der Waals surface area (Å²) in [5, 5.41) is 2.49. The minimum atomic E-state index is -0.303. The highest BCUT2D eigenvalue weighted by Crippen LogP contribution is 2.06. The molecule has 0 spiro atoms. The first kappa shape index (κ1) is 8.64. The second-order valence-electron chi connectivity index (χ2n) is 2.75. The number of rotatable bonds is 0. The Morgan fingerprint density at radius 2 is 2.33 bits per heavy atom. The van der Waals surface area contributed by atoms with E-state index in [0.717, 1.165) is 5.57 Å². The van der Waals surface area contributed by atoms with E-state index in [2.05, 4.69) is 10.3 Å². The van der Waals surface area contributed by atoms with E-state index in [1.54, 1.807) is 0 Å². The molecule has 2 amide bonds. The van der Waals surface area contributed by atoms with Gasteiger partial charge in [-0.2, -0.15) is 4.99 Å². The van der Waals surface area contributed by atoms with E-state index in [4.69, 9.17) is 0 Å². The van der Waals surface area contributed by atoms with Gasteiger partial charge >= 0.3 is 0 Å². The van der Waals surface area contributed by atoms with Crippen molar-refractivity contribution in [3.05, 3.63) is 11.6 Å². The molecule has 1 aliphatic heterocycles. The average Bonchev–Trinajstić information content (AvgIpc) is 1.81. The number of amides is 2. The number of nitrogens with one attached hydrogen (secondary N) is 1. The Labute approximate surface area is 70.4 Å². The largest absolute Gasteiger partial charge is 0.314 e. The molecule has 64 valence electrons. The maximum absolute atomic E-state index is 10.9. The molecule has 0 aromatic heterocycles. The predicted molar refractivity (Wildman–Crippen MR) is 44.6 cm³/mol. The zero-order valence-electron chi connectivity index (χ0n) is 7.05. The third-order valence-corrected chi connectivity index (χ3v) is 1.38. The van der Waals surface area contributed by atoms with Crippen molar-refractivity contribution in [3.63, 3.8) is 0 Å². The van der Waals surface area contributed by atoms with Gasteiger partial charge in [-0.05, 0) is 6.92 Å². The van der Waals surface area contributed by atoms with Crippen molar-refractivity contribution in [2.75, 3.05) is 0 Å². The Morgan fingerprint density at radius 1 is 1.67 bits per heavy atom. The summed E-state index contributed by atoms with van der Waals surface area (Å²) in [5.74, 6) is -0.0637. The molecule has 1 heterocycles. The molecule has 0 aliphatic carbocycles. The van der Waals surface area contributed by atoms with Crippen LogP contribution in [0.25, 0.3) is 0 Å². The molecule has 1 aliphatic rings. The molecule has 0 atom stereocenters. The van der Waals surface area contributed by atoms with Crippen LogP contribution in [0, 0.1) is 0 Å². The van der Waals surface area contributed by atoms with Crippen molar-refractivity contribution in [3.8, 4) is 0 Å². The number of carbonyl (C=O) groups excluding carboxylic acids is 2. The van der Waals surface area contributed by atoms with Crippen LogP contribution >= 0.6 is 0 Å². The molecule has 12 heavy (non-hydrogen) atoms. The molecular weight excluding hydrogens is 156 g/mol. The second-order valence-corrected chi connectivity index (χ2v) is 2.75. The molecule has 4 heteroatoms. The number of hydrogen-bond acceptors (Lipinski definition) is 2. The van der Waals surface area contributed by atoms with Crippen LogP contribution in [0.1, 0.15) is 20.3 Å². The number of dihydropyridines is 1. The summed E-state index contributed by atoms with van der Waals surface area (Å²) < 4.78 is 0. The SMILES string of the molecule is CC(=O)NC1=NC(=O)C=C(C)C1. The summed E-state index contributed by atoms with van der Waals surface area (Å²) in [7, 11) is 0. The molecule has 0 bridgehead atoms. The van der Waals surface area contributed by atoms with Crippen molar-refractivity contribution in [2.45, 2.75) is 20.3 Å². The van der Waals surface area contributed by atoms with Gasteiger partial charge in [-0.25, -0.2) is 0 Å². The van der Waals surface area contributed by atoms with Crippen LogP contribution in [0.2, 0.25) is 0 Å². The first-order valence-electron chi connectivity index (χ1n) is 3.64. The number of amidine groups is 1. The summed E-state index contributed by atoms with van der Waals surface area (Å²) in [4.78, 5) is 25.1. The maximum Gasteiger partial charge on any atom is 0.271 e. The molecule has 0 aromatic rings. The maximum atomic E-state index is 10.9. The molecule has 0 saturated carbocycles. The number of hydrogen-bond donors (Lipinski definition) is 1. The van der Waals surface area contributed by atoms with E-state index in [1.165, 1.54) is 13.0 Å². The third-order valence-electron chi connectivity index (χ3n) is 1.38. The first-order valence-corrected chi connectivity index (χ1v) is 3.64. The van der Waals surface area contributed by atoms with Crippen LogP contribution in [-0.2, 0) is 9.59 Å². The summed E-state index contributed by atoms with van der Waals surface area (Å²) in [6, 6.07) is 0. The lowest BCUT2D eigenvalue weighted by Crippen LogP contribution is -2.30. The van der Waals surface area contributed by atoms with Crippen LogP contribution in [0.3, 0.4) is 0 Å². The highest BCUT2D eigenvalue weighted by molar-refractivity contribution is 6.08. The Balaban J connectivity index is 2.69. The molecule has 4 nitrogen and oxygen atoms in total.